The van der Waals surface area contributed by atoms with Gasteiger partial charge >= 0.3 is 0 Å². The van der Waals surface area contributed by atoms with E-state index >= 15 is 0 Å². The summed E-state index contributed by atoms with van der Waals surface area (Å²) in [7, 11) is -4.15. The zero-order valence-corrected chi connectivity index (χ0v) is 25.2. The first-order valence-corrected chi connectivity index (χ1v) is 15.8. The van der Waals surface area contributed by atoms with E-state index in [4.69, 9.17) is 4.74 Å². The number of carbonyl (C=O) groups excluding carboxylic acids is 2. The number of amides is 2. The zero-order valence-electron chi connectivity index (χ0n) is 24.4. The highest BCUT2D eigenvalue weighted by Crippen LogP contribution is 2.28. The topological polar surface area (TPSA) is 96.0 Å². The molecule has 4 aromatic rings. The number of anilines is 1. The van der Waals surface area contributed by atoms with E-state index in [1.165, 1.54) is 17.0 Å². The normalized spacial score (nSPS) is 11.8. The van der Waals surface area contributed by atoms with Gasteiger partial charge in [-0.05, 0) is 67.4 Å². The van der Waals surface area contributed by atoms with Gasteiger partial charge in [-0.25, -0.2) is 8.42 Å². The molecule has 0 aliphatic carbocycles. The molecule has 0 saturated heterocycles. The highest BCUT2D eigenvalue weighted by Gasteiger charge is 2.32. The number of rotatable bonds is 14. The first-order chi connectivity index (χ1) is 20.8. The molecule has 1 N–H and O–H groups in total. The number of para-hydroxylation sites is 1. The lowest BCUT2D eigenvalue weighted by Crippen LogP contribution is -2.51. The van der Waals surface area contributed by atoms with Gasteiger partial charge in [0.1, 0.15) is 24.1 Å². The van der Waals surface area contributed by atoms with Crippen LogP contribution in [0.4, 0.5) is 5.69 Å². The average molecular weight is 600 g/mol. The van der Waals surface area contributed by atoms with Gasteiger partial charge in [0.2, 0.25) is 11.8 Å². The minimum atomic E-state index is -4.15. The van der Waals surface area contributed by atoms with Crippen molar-refractivity contribution in [1.29, 1.82) is 0 Å². The standard InChI is InChI=1S/C34H37N3O5S/c1-3-4-24-35-34(39)27(2)36(25-28-14-8-5-9-15-28)33(38)26-37(43(40,41)32-18-12-7-13-19-32)29-20-22-31(23-21-29)42-30-16-10-6-11-17-30/h5-23,27H,3-4,24-26H2,1-2H3,(H,35,39)/t27-/m0/s1. The number of hydrogen-bond donors (Lipinski definition) is 1. The van der Waals surface area contributed by atoms with Gasteiger partial charge in [0.05, 0.1) is 10.6 Å². The molecule has 1 atom stereocenters. The van der Waals surface area contributed by atoms with E-state index in [0.29, 0.717) is 18.0 Å². The summed E-state index contributed by atoms with van der Waals surface area (Å²) in [5, 5.41) is 2.89. The molecule has 4 rings (SSSR count). The fourth-order valence-electron chi connectivity index (χ4n) is 4.45. The molecular formula is C34H37N3O5S. The lowest BCUT2D eigenvalue weighted by atomic mass is 10.1. The fourth-order valence-corrected chi connectivity index (χ4v) is 5.89. The molecule has 8 nitrogen and oxygen atoms in total. The first kappa shape index (κ1) is 31.3. The molecule has 4 aromatic carbocycles. The predicted molar refractivity (Wildman–Crippen MR) is 168 cm³/mol. The van der Waals surface area contributed by atoms with Crippen molar-refractivity contribution < 1.29 is 22.7 Å². The van der Waals surface area contributed by atoms with E-state index in [0.717, 1.165) is 22.7 Å². The smallest absolute Gasteiger partial charge is 0.264 e. The molecule has 0 fully saturated rings. The minimum absolute atomic E-state index is 0.0485. The van der Waals surface area contributed by atoms with E-state index in [1.807, 2.05) is 67.6 Å². The maximum Gasteiger partial charge on any atom is 0.264 e. The number of nitrogens with zero attached hydrogens (tertiary/aromatic N) is 2. The fraction of sp³-hybridized carbons (Fsp3) is 0.235. The van der Waals surface area contributed by atoms with Crippen LogP contribution < -0.4 is 14.4 Å². The van der Waals surface area contributed by atoms with Crippen LogP contribution in [0.15, 0.2) is 120 Å². The largest absolute Gasteiger partial charge is 0.457 e. The molecule has 0 spiro atoms. The maximum atomic E-state index is 14.0. The van der Waals surface area contributed by atoms with Gasteiger partial charge in [-0.1, -0.05) is 80.1 Å². The van der Waals surface area contributed by atoms with Crippen molar-refractivity contribution in [3.8, 4) is 11.5 Å². The van der Waals surface area contributed by atoms with Crippen molar-refractivity contribution in [2.75, 3.05) is 17.4 Å². The highest BCUT2D eigenvalue weighted by molar-refractivity contribution is 7.92. The van der Waals surface area contributed by atoms with Crippen molar-refractivity contribution in [3.63, 3.8) is 0 Å². The Kier molecular flexibility index (Phi) is 10.9. The Morgan fingerprint density at radius 2 is 1.35 bits per heavy atom. The molecule has 0 aliphatic heterocycles. The van der Waals surface area contributed by atoms with Crippen molar-refractivity contribution in [2.45, 2.75) is 44.2 Å². The van der Waals surface area contributed by atoms with Crippen LogP contribution in [0, 0.1) is 0 Å². The van der Waals surface area contributed by atoms with Crippen LogP contribution >= 0.6 is 0 Å². The third-order valence-corrected chi connectivity index (χ3v) is 8.69. The molecule has 0 aromatic heterocycles. The molecular weight excluding hydrogens is 562 g/mol. The van der Waals surface area contributed by atoms with Crippen LogP contribution in [0.2, 0.25) is 0 Å². The number of benzene rings is 4. The zero-order chi connectivity index (χ0) is 30.7. The number of carbonyl (C=O) groups is 2. The molecule has 43 heavy (non-hydrogen) atoms. The van der Waals surface area contributed by atoms with Gasteiger partial charge in [-0.2, -0.15) is 0 Å². The van der Waals surface area contributed by atoms with Crippen LogP contribution in [0.3, 0.4) is 0 Å². The number of sulfonamides is 1. The highest BCUT2D eigenvalue weighted by atomic mass is 32.2. The van der Waals surface area contributed by atoms with E-state index in [2.05, 4.69) is 5.32 Å². The monoisotopic (exact) mass is 599 g/mol. The van der Waals surface area contributed by atoms with Crippen molar-refractivity contribution in [1.82, 2.24) is 10.2 Å². The van der Waals surface area contributed by atoms with E-state index in [9.17, 15) is 18.0 Å². The summed E-state index contributed by atoms with van der Waals surface area (Å²) in [6.45, 7) is 3.83. The Morgan fingerprint density at radius 1 is 0.791 bits per heavy atom. The Hall–Kier alpha value is -4.63. The van der Waals surface area contributed by atoms with Gasteiger partial charge in [0.15, 0.2) is 0 Å². The van der Waals surface area contributed by atoms with E-state index in [-0.39, 0.29) is 23.0 Å². The second-order valence-corrected chi connectivity index (χ2v) is 11.9. The number of hydrogen-bond acceptors (Lipinski definition) is 5. The third-order valence-electron chi connectivity index (χ3n) is 6.91. The van der Waals surface area contributed by atoms with Crippen LogP contribution in [0.5, 0.6) is 11.5 Å². The molecule has 0 saturated carbocycles. The van der Waals surface area contributed by atoms with Gasteiger partial charge in [-0.15, -0.1) is 0 Å². The molecule has 2 amide bonds. The second-order valence-electron chi connectivity index (χ2n) is 10.1. The average Bonchev–Trinajstić information content (AvgIpc) is 3.04. The summed E-state index contributed by atoms with van der Waals surface area (Å²) < 4.78 is 34.9. The SMILES string of the molecule is CCCCNC(=O)[C@H](C)N(Cc1ccccc1)C(=O)CN(c1ccc(Oc2ccccc2)cc1)S(=O)(=O)c1ccccc1. The molecule has 224 valence electrons. The minimum Gasteiger partial charge on any atom is -0.457 e. The van der Waals surface area contributed by atoms with E-state index in [1.54, 1.807) is 49.4 Å². The number of nitrogens with one attached hydrogen (secondary N) is 1. The van der Waals surface area contributed by atoms with Crippen molar-refractivity contribution in [2.24, 2.45) is 0 Å². The maximum absolute atomic E-state index is 14.0. The van der Waals surface area contributed by atoms with Crippen LogP contribution in [-0.2, 0) is 26.2 Å². The quantitative estimate of drug-likeness (QED) is 0.179. The molecule has 9 heteroatoms. The Morgan fingerprint density at radius 3 is 1.95 bits per heavy atom. The van der Waals surface area contributed by atoms with E-state index < -0.39 is 28.5 Å². The lowest BCUT2D eigenvalue weighted by molar-refractivity contribution is -0.139. The van der Waals surface area contributed by atoms with Crippen LogP contribution in [0.1, 0.15) is 32.3 Å². The summed E-state index contributed by atoms with van der Waals surface area (Å²) >= 11 is 0. The van der Waals surface area contributed by atoms with Crippen LogP contribution in [0.25, 0.3) is 0 Å². The van der Waals surface area contributed by atoms with Gasteiger partial charge in [-0.3, -0.25) is 13.9 Å². The van der Waals surface area contributed by atoms with Crippen molar-refractivity contribution in [3.05, 3.63) is 121 Å². The van der Waals surface area contributed by atoms with Gasteiger partial charge in [0.25, 0.3) is 10.0 Å². The number of unbranched alkanes of at least 4 members (excludes halogenated alkanes) is 1. The summed E-state index contributed by atoms with van der Waals surface area (Å²) in [6, 6.07) is 32.2. The summed E-state index contributed by atoms with van der Waals surface area (Å²) in [6.07, 6.45) is 1.74. The molecule has 0 heterocycles. The second kappa shape index (κ2) is 15.0. The Labute approximate surface area is 254 Å². The summed E-state index contributed by atoms with van der Waals surface area (Å²) in [4.78, 5) is 28.5. The summed E-state index contributed by atoms with van der Waals surface area (Å²) in [5.74, 6) is 0.354. The van der Waals surface area contributed by atoms with Gasteiger partial charge in [0, 0.05) is 13.1 Å². The third kappa shape index (κ3) is 8.45. The molecule has 0 aliphatic rings. The molecule has 0 bridgehead atoms. The number of ether oxygens (including phenoxy) is 1. The Bertz CT molecular complexity index is 1570. The van der Waals surface area contributed by atoms with Crippen molar-refractivity contribution >= 4 is 27.5 Å². The molecule has 0 unspecified atom stereocenters. The Balaban J connectivity index is 1.66. The predicted octanol–water partition coefficient (Wildman–Crippen LogP) is 6.01. The van der Waals surface area contributed by atoms with Crippen LogP contribution in [-0.4, -0.2) is 44.3 Å². The summed E-state index contributed by atoms with van der Waals surface area (Å²) in [5.41, 5.74) is 1.11. The lowest BCUT2D eigenvalue weighted by Gasteiger charge is -2.32. The first-order valence-electron chi connectivity index (χ1n) is 14.3. The van der Waals surface area contributed by atoms with Gasteiger partial charge < -0.3 is 15.0 Å². The molecule has 0 radical (unpaired) electrons.